The number of unbranched alkanes of at least 4 members (excludes halogenated alkanes) is 2. The zero-order valence-electron chi connectivity index (χ0n) is 7.38. The van der Waals surface area contributed by atoms with Gasteiger partial charge in [0.1, 0.15) is 0 Å². The first kappa shape index (κ1) is 11.7. The van der Waals surface area contributed by atoms with Gasteiger partial charge in [-0.2, -0.15) is 0 Å². The van der Waals surface area contributed by atoms with E-state index in [1.807, 2.05) is 5.43 Å². The van der Waals surface area contributed by atoms with Crippen LogP contribution in [0.5, 0.6) is 0 Å². The Kier molecular flexibility index (Phi) is 6.62. The molecule has 0 saturated carbocycles. The van der Waals surface area contributed by atoms with E-state index in [-0.39, 0.29) is 5.91 Å². The van der Waals surface area contributed by atoms with Crippen LogP contribution in [0.4, 0.5) is 4.79 Å². The molecule has 0 aliphatic heterocycles. The highest BCUT2D eigenvalue weighted by Crippen LogP contribution is 1.97. The molecule has 0 aliphatic carbocycles. The Hall–Kier alpha value is -1.30. The molecule has 76 valence electrons. The van der Waals surface area contributed by atoms with E-state index in [0.29, 0.717) is 13.0 Å². The molecule has 13 heavy (non-hydrogen) atoms. The van der Waals surface area contributed by atoms with Crippen molar-refractivity contribution in [3.05, 3.63) is 0 Å². The minimum Gasteiger partial charge on any atom is -0.465 e. The quantitative estimate of drug-likeness (QED) is 0.201. The summed E-state index contributed by atoms with van der Waals surface area (Å²) in [7, 11) is 0. The number of amides is 2. The van der Waals surface area contributed by atoms with E-state index in [4.69, 9.17) is 10.9 Å². The molecule has 0 rings (SSSR count). The molecule has 6 nitrogen and oxygen atoms in total. The molecule has 2 amide bonds. The van der Waals surface area contributed by atoms with Gasteiger partial charge in [-0.1, -0.05) is 6.42 Å². The van der Waals surface area contributed by atoms with E-state index < -0.39 is 6.09 Å². The second-order valence-electron chi connectivity index (χ2n) is 2.61. The summed E-state index contributed by atoms with van der Waals surface area (Å²) in [5, 5.41) is 10.4. The lowest BCUT2D eigenvalue weighted by molar-refractivity contribution is -0.121. The van der Waals surface area contributed by atoms with Crippen molar-refractivity contribution in [3.8, 4) is 0 Å². The molecule has 0 unspecified atom stereocenters. The molecule has 0 heterocycles. The maximum absolute atomic E-state index is 10.6. The van der Waals surface area contributed by atoms with Gasteiger partial charge < -0.3 is 10.4 Å². The first-order chi connectivity index (χ1) is 6.16. The van der Waals surface area contributed by atoms with Crippen molar-refractivity contribution in [1.82, 2.24) is 10.7 Å². The fraction of sp³-hybridized carbons (Fsp3) is 0.714. The lowest BCUT2D eigenvalue weighted by atomic mass is 10.2. The van der Waals surface area contributed by atoms with Crippen molar-refractivity contribution in [2.24, 2.45) is 5.84 Å². The molecule has 0 aromatic carbocycles. The minimum atomic E-state index is -1.01. The van der Waals surface area contributed by atoms with Gasteiger partial charge in [0.25, 0.3) is 0 Å². The molecular weight excluding hydrogens is 174 g/mol. The third-order valence-electron chi connectivity index (χ3n) is 1.52. The van der Waals surface area contributed by atoms with Crippen LogP contribution in [0.3, 0.4) is 0 Å². The van der Waals surface area contributed by atoms with Gasteiger partial charge >= 0.3 is 6.09 Å². The van der Waals surface area contributed by atoms with Crippen LogP contribution in [0.1, 0.15) is 25.7 Å². The van der Waals surface area contributed by atoms with E-state index in [9.17, 15) is 9.59 Å². The predicted octanol–water partition coefficient (Wildman–Crippen LogP) is -0.196. The van der Waals surface area contributed by atoms with E-state index >= 15 is 0 Å². The minimum absolute atomic E-state index is 0.189. The predicted molar refractivity (Wildman–Crippen MR) is 46.8 cm³/mol. The maximum Gasteiger partial charge on any atom is 0.404 e. The van der Waals surface area contributed by atoms with Gasteiger partial charge in [-0.15, -0.1) is 0 Å². The van der Waals surface area contributed by atoms with Gasteiger partial charge in [-0.05, 0) is 12.8 Å². The lowest BCUT2D eigenvalue weighted by Gasteiger charge is -2.00. The van der Waals surface area contributed by atoms with E-state index in [0.717, 1.165) is 19.3 Å². The normalized spacial score (nSPS) is 9.31. The number of hydrazine groups is 1. The maximum atomic E-state index is 10.6. The zero-order chi connectivity index (χ0) is 10.1. The van der Waals surface area contributed by atoms with Crippen molar-refractivity contribution in [2.45, 2.75) is 25.7 Å². The molecule has 5 N–H and O–H groups in total. The molecule has 0 fully saturated rings. The van der Waals surface area contributed by atoms with Gasteiger partial charge in [0, 0.05) is 13.0 Å². The lowest BCUT2D eigenvalue weighted by Crippen LogP contribution is -2.29. The molecular formula is C7H15N3O3. The average molecular weight is 189 g/mol. The van der Waals surface area contributed by atoms with Crippen molar-refractivity contribution in [1.29, 1.82) is 0 Å². The van der Waals surface area contributed by atoms with Crippen LogP contribution in [0.25, 0.3) is 0 Å². The van der Waals surface area contributed by atoms with Crippen molar-refractivity contribution >= 4 is 12.0 Å². The van der Waals surface area contributed by atoms with Crippen LogP contribution in [0.15, 0.2) is 0 Å². The van der Waals surface area contributed by atoms with Crippen LogP contribution in [-0.4, -0.2) is 23.7 Å². The SMILES string of the molecule is NNC(=O)CCCCCNC(=O)O. The largest absolute Gasteiger partial charge is 0.465 e. The fourth-order valence-corrected chi connectivity index (χ4v) is 0.855. The Balaban J connectivity index is 3.08. The Morgan fingerprint density at radius 2 is 1.92 bits per heavy atom. The molecule has 6 heteroatoms. The van der Waals surface area contributed by atoms with Gasteiger partial charge in [0.05, 0.1) is 0 Å². The molecule has 0 aromatic heterocycles. The summed E-state index contributed by atoms with van der Waals surface area (Å²) in [5.74, 6) is 4.67. The highest BCUT2D eigenvalue weighted by atomic mass is 16.4. The summed E-state index contributed by atoms with van der Waals surface area (Å²) < 4.78 is 0. The molecule has 0 bridgehead atoms. The molecule has 0 radical (unpaired) electrons. The molecule has 0 saturated heterocycles. The topological polar surface area (TPSA) is 104 Å². The molecule has 0 aliphatic rings. The number of rotatable bonds is 6. The number of carbonyl (C=O) groups is 2. The standard InChI is InChI=1S/C7H15N3O3/c8-10-6(11)4-2-1-3-5-9-7(12)13/h9H,1-5,8H2,(H,10,11)(H,12,13). The second-order valence-corrected chi connectivity index (χ2v) is 2.61. The van der Waals surface area contributed by atoms with Crippen LogP contribution >= 0.6 is 0 Å². The number of nitrogens with two attached hydrogens (primary N) is 1. The summed E-state index contributed by atoms with van der Waals surface area (Å²) >= 11 is 0. The van der Waals surface area contributed by atoms with E-state index in [1.165, 1.54) is 0 Å². The fourth-order valence-electron chi connectivity index (χ4n) is 0.855. The molecule has 0 aromatic rings. The summed E-state index contributed by atoms with van der Waals surface area (Å²) in [6.07, 6.45) is 1.66. The summed E-state index contributed by atoms with van der Waals surface area (Å²) in [6.45, 7) is 0.430. The van der Waals surface area contributed by atoms with Gasteiger partial charge in [0.15, 0.2) is 0 Å². The van der Waals surface area contributed by atoms with Gasteiger partial charge in [-0.25, -0.2) is 10.6 Å². The van der Waals surface area contributed by atoms with E-state index in [2.05, 4.69) is 5.32 Å². The Labute approximate surface area is 76.5 Å². The summed E-state index contributed by atoms with van der Waals surface area (Å²) in [5.41, 5.74) is 2.03. The summed E-state index contributed by atoms with van der Waals surface area (Å²) in [4.78, 5) is 20.6. The van der Waals surface area contributed by atoms with Crippen LogP contribution in [0, 0.1) is 0 Å². The first-order valence-electron chi connectivity index (χ1n) is 4.13. The highest BCUT2D eigenvalue weighted by molar-refractivity contribution is 5.75. The Morgan fingerprint density at radius 3 is 2.46 bits per heavy atom. The van der Waals surface area contributed by atoms with Crippen LogP contribution in [-0.2, 0) is 4.79 Å². The average Bonchev–Trinajstić information content (AvgIpc) is 2.10. The van der Waals surface area contributed by atoms with Crippen molar-refractivity contribution < 1.29 is 14.7 Å². The first-order valence-corrected chi connectivity index (χ1v) is 4.13. The molecule has 0 spiro atoms. The Morgan fingerprint density at radius 1 is 1.23 bits per heavy atom. The zero-order valence-corrected chi connectivity index (χ0v) is 7.38. The number of nitrogens with one attached hydrogen (secondary N) is 2. The number of hydrogen-bond acceptors (Lipinski definition) is 3. The number of carbonyl (C=O) groups excluding carboxylic acids is 1. The van der Waals surface area contributed by atoms with Crippen LogP contribution in [0.2, 0.25) is 0 Å². The second kappa shape index (κ2) is 7.35. The van der Waals surface area contributed by atoms with E-state index in [1.54, 1.807) is 0 Å². The smallest absolute Gasteiger partial charge is 0.404 e. The third kappa shape index (κ3) is 8.61. The summed E-state index contributed by atoms with van der Waals surface area (Å²) in [6, 6.07) is 0. The number of carboxylic acid groups (broad SMARTS) is 1. The molecule has 0 atom stereocenters. The monoisotopic (exact) mass is 189 g/mol. The van der Waals surface area contributed by atoms with Gasteiger partial charge in [0.2, 0.25) is 5.91 Å². The van der Waals surface area contributed by atoms with Crippen molar-refractivity contribution in [3.63, 3.8) is 0 Å². The Bertz CT molecular complexity index is 172. The van der Waals surface area contributed by atoms with Gasteiger partial charge in [-0.3, -0.25) is 10.2 Å². The third-order valence-corrected chi connectivity index (χ3v) is 1.52. The van der Waals surface area contributed by atoms with Crippen molar-refractivity contribution in [2.75, 3.05) is 6.54 Å². The number of hydrogen-bond donors (Lipinski definition) is 4. The van der Waals surface area contributed by atoms with Crippen LogP contribution < -0.4 is 16.6 Å². The highest BCUT2D eigenvalue weighted by Gasteiger charge is 1.98.